The van der Waals surface area contributed by atoms with Crippen LogP contribution in [0.1, 0.15) is 25.7 Å². The summed E-state index contributed by atoms with van der Waals surface area (Å²) in [7, 11) is -1.94. The monoisotopic (exact) mass is 277 g/mol. The zero-order valence-corrected chi connectivity index (χ0v) is 11.2. The van der Waals surface area contributed by atoms with Crippen LogP contribution in [-0.2, 0) is 19.6 Å². The smallest absolute Gasteiger partial charge is 0.304 e. The molecule has 0 spiro atoms. The molecule has 2 bridgehead atoms. The van der Waals surface area contributed by atoms with E-state index in [1.54, 1.807) is 0 Å². The number of carboxylic acids is 1. The van der Waals surface area contributed by atoms with Crippen LogP contribution in [-0.4, -0.2) is 55.4 Å². The Balaban J connectivity index is 2.16. The number of ether oxygens (including phenoxy) is 1. The second-order valence-corrected chi connectivity index (χ2v) is 7.02. The summed E-state index contributed by atoms with van der Waals surface area (Å²) in [5, 5.41) is 8.92. The van der Waals surface area contributed by atoms with Gasteiger partial charge in [0.2, 0.25) is 10.0 Å². The first kappa shape index (κ1) is 13.8. The van der Waals surface area contributed by atoms with E-state index >= 15 is 0 Å². The second kappa shape index (κ2) is 5.14. The van der Waals surface area contributed by atoms with Crippen molar-refractivity contribution in [1.29, 1.82) is 0 Å². The number of carboxylic acid groups (broad SMARTS) is 1. The van der Waals surface area contributed by atoms with Crippen molar-refractivity contribution in [1.82, 2.24) is 4.31 Å². The molecule has 1 saturated heterocycles. The van der Waals surface area contributed by atoms with Gasteiger partial charge < -0.3 is 9.84 Å². The Bertz CT molecular complexity index is 421. The molecule has 0 amide bonds. The van der Waals surface area contributed by atoms with E-state index in [4.69, 9.17) is 9.84 Å². The first-order valence-corrected chi connectivity index (χ1v) is 7.78. The van der Waals surface area contributed by atoms with Gasteiger partial charge in [0.25, 0.3) is 0 Å². The molecular formula is C11H19NO5S. The van der Waals surface area contributed by atoms with E-state index in [2.05, 4.69) is 0 Å². The number of rotatable bonds is 6. The minimum atomic E-state index is -3.40. The van der Waals surface area contributed by atoms with Crippen LogP contribution in [0.5, 0.6) is 0 Å². The van der Waals surface area contributed by atoms with E-state index < -0.39 is 16.0 Å². The molecule has 0 aromatic carbocycles. The molecule has 104 valence electrons. The molecule has 1 N–H and O–H groups in total. The van der Waals surface area contributed by atoms with Crippen LogP contribution in [0.2, 0.25) is 0 Å². The standard InChI is InChI=1S/C11H19NO5S/c1-17-4-5-18(15,16)12-9-3-2-8(6-9)10(12)7-11(13)14/h8-10H,2-7H2,1H3,(H,13,14)/t8-,9+,10+/m0/s1. The average Bonchev–Trinajstić information content (AvgIpc) is 2.86. The highest BCUT2D eigenvalue weighted by Gasteiger charge is 2.51. The number of sulfonamides is 1. The molecule has 0 aromatic rings. The Morgan fingerprint density at radius 1 is 1.44 bits per heavy atom. The number of hydrogen-bond donors (Lipinski definition) is 1. The van der Waals surface area contributed by atoms with E-state index in [-0.39, 0.29) is 36.8 Å². The highest BCUT2D eigenvalue weighted by Crippen LogP contribution is 2.45. The maximum atomic E-state index is 12.2. The lowest BCUT2D eigenvalue weighted by Gasteiger charge is -2.33. The molecule has 2 rings (SSSR count). The second-order valence-electron chi connectivity index (χ2n) is 5.03. The Morgan fingerprint density at radius 2 is 2.17 bits per heavy atom. The van der Waals surface area contributed by atoms with Gasteiger partial charge in [0, 0.05) is 19.2 Å². The van der Waals surface area contributed by atoms with Crippen molar-refractivity contribution in [3.8, 4) is 0 Å². The molecule has 1 saturated carbocycles. The Morgan fingerprint density at radius 3 is 2.78 bits per heavy atom. The van der Waals surface area contributed by atoms with E-state index in [0.29, 0.717) is 0 Å². The maximum Gasteiger partial charge on any atom is 0.304 e. The lowest BCUT2D eigenvalue weighted by Crippen LogP contribution is -2.47. The zero-order valence-electron chi connectivity index (χ0n) is 10.4. The molecule has 6 nitrogen and oxygen atoms in total. The van der Waals surface area contributed by atoms with E-state index in [9.17, 15) is 13.2 Å². The van der Waals surface area contributed by atoms with Crippen LogP contribution in [0, 0.1) is 5.92 Å². The van der Waals surface area contributed by atoms with Crippen LogP contribution in [0.3, 0.4) is 0 Å². The van der Waals surface area contributed by atoms with Crippen LogP contribution < -0.4 is 0 Å². The van der Waals surface area contributed by atoms with Crippen molar-refractivity contribution in [2.24, 2.45) is 5.92 Å². The Labute approximate surface area is 107 Å². The molecule has 0 aromatic heterocycles. The first-order valence-electron chi connectivity index (χ1n) is 6.17. The summed E-state index contributed by atoms with van der Waals surface area (Å²) in [6.45, 7) is 0.149. The zero-order chi connectivity index (χ0) is 13.3. The predicted molar refractivity (Wildman–Crippen MR) is 64.7 cm³/mol. The lowest BCUT2D eigenvalue weighted by molar-refractivity contribution is -0.138. The van der Waals surface area contributed by atoms with Gasteiger partial charge in [0.15, 0.2) is 0 Å². The van der Waals surface area contributed by atoms with Gasteiger partial charge in [-0.3, -0.25) is 4.79 Å². The molecule has 7 heteroatoms. The van der Waals surface area contributed by atoms with E-state index in [1.165, 1.54) is 11.4 Å². The third-order valence-corrected chi connectivity index (χ3v) is 5.82. The lowest BCUT2D eigenvalue weighted by atomic mass is 9.97. The summed E-state index contributed by atoms with van der Waals surface area (Å²) in [5.74, 6) is -0.786. The van der Waals surface area contributed by atoms with Crippen LogP contribution >= 0.6 is 0 Å². The van der Waals surface area contributed by atoms with E-state index in [1.807, 2.05) is 0 Å². The normalized spacial score (nSPS) is 31.9. The molecule has 0 unspecified atom stereocenters. The van der Waals surface area contributed by atoms with Crippen LogP contribution in [0.4, 0.5) is 0 Å². The minimum absolute atomic E-state index is 0.00112. The Kier molecular flexibility index (Phi) is 3.93. The first-order chi connectivity index (χ1) is 8.45. The van der Waals surface area contributed by atoms with Crippen molar-refractivity contribution in [3.05, 3.63) is 0 Å². The molecule has 2 aliphatic rings. The van der Waals surface area contributed by atoms with Gasteiger partial charge in [-0.15, -0.1) is 0 Å². The van der Waals surface area contributed by atoms with Gasteiger partial charge in [-0.25, -0.2) is 8.42 Å². The number of hydrogen-bond acceptors (Lipinski definition) is 4. The number of nitrogens with zero attached hydrogens (tertiary/aromatic N) is 1. The minimum Gasteiger partial charge on any atom is -0.481 e. The van der Waals surface area contributed by atoms with Gasteiger partial charge in [-0.05, 0) is 25.2 Å². The molecule has 3 atom stereocenters. The van der Waals surface area contributed by atoms with Crippen molar-refractivity contribution < 1.29 is 23.1 Å². The molecule has 18 heavy (non-hydrogen) atoms. The highest BCUT2D eigenvalue weighted by atomic mass is 32.2. The summed E-state index contributed by atoms with van der Waals surface area (Å²) in [6, 6.07) is -0.357. The van der Waals surface area contributed by atoms with Crippen LogP contribution in [0.25, 0.3) is 0 Å². The number of carbonyl (C=O) groups is 1. The third kappa shape index (κ3) is 2.53. The summed E-state index contributed by atoms with van der Waals surface area (Å²) in [6.07, 6.45) is 2.52. The van der Waals surface area contributed by atoms with Crippen LogP contribution in [0.15, 0.2) is 0 Å². The molecule has 1 aliphatic heterocycles. The van der Waals surface area contributed by atoms with Gasteiger partial charge in [-0.1, -0.05) is 0 Å². The number of piperidine rings is 1. The summed E-state index contributed by atoms with van der Waals surface area (Å²) in [5.41, 5.74) is 0. The Hall–Kier alpha value is -0.660. The summed E-state index contributed by atoms with van der Waals surface area (Å²) in [4.78, 5) is 10.9. The molecular weight excluding hydrogens is 258 g/mol. The largest absolute Gasteiger partial charge is 0.481 e. The van der Waals surface area contributed by atoms with E-state index in [0.717, 1.165) is 19.3 Å². The quantitative estimate of drug-likeness (QED) is 0.754. The molecule has 2 fully saturated rings. The van der Waals surface area contributed by atoms with Crippen molar-refractivity contribution >= 4 is 16.0 Å². The SMILES string of the molecule is COCCS(=O)(=O)N1[C@@H]2CC[C@@H](C2)[C@H]1CC(=O)O. The summed E-state index contributed by atoms with van der Waals surface area (Å²) >= 11 is 0. The van der Waals surface area contributed by atoms with Gasteiger partial charge in [0.05, 0.1) is 18.8 Å². The molecule has 1 aliphatic carbocycles. The fourth-order valence-electron chi connectivity index (χ4n) is 3.21. The molecule has 1 heterocycles. The number of aliphatic carboxylic acids is 1. The predicted octanol–water partition coefficient (Wildman–Crippen LogP) is 0.290. The number of fused-ring (bicyclic) bond motifs is 2. The van der Waals surface area contributed by atoms with Gasteiger partial charge in [0.1, 0.15) is 0 Å². The third-order valence-electron chi connectivity index (χ3n) is 3.93. The van der Waals surface area contributed by atoms with Crippen molar-refractivity contribution in [2.45, 2.75) is 37.8 Å². The van der Waals surface area contributed by atoms with Gasteiger partial charge >= 0.3 is 5.97 Å². The molecule has 0 radical (unpaired) electrons. The maximum absolute atomic E-state index is 12.2. The van der Waals surface area contributed by atoms with Gasteiger partial charge in [-0.2, -0.15) is 4.31 Å². The highest BCUT2D eigenvalue weighted by molar-refractivity contribution is 7.89. The van der Waals surface area contributed by atoms with Crippen molar-refractivity contribution in [2.75, 3.05) is 19.5 Å². The fraction of sp³-hybridized carbons (Fsp3) is 0.909. The fourth-order valence-corrected chi connectivity index (χ4v) is 5.11. The topological polar surface area (TPSA) is 83.9 Å². The average molecular weight is 277 g/mol. The summed E-state index contributed by atoms with van der Waals surface area (Å²) < 4.78 is 30.7. The van der Waals surface area contributed by atoms with Crippen molar-refractivity contribution in [3.63, 3.8) is 0 Å². The number of methoxy groups -OCH3 is 1.